The van der Waals surface area contributed by atoms with Crippen molar-refractivity contribution in [2.45, 2.75) is 70.0 Å². The number of aryl methyl sites for hydroxylation is 2. The predicted molar refractivity (Wildman–Crippen MR) is 109 cm³/mol. The van der Waals surface area contributed by atoms with E-state index in [-0.39, 0.29) is 22.5 Å². The minimum atomic E-state index is -3.57. The number of piperidine rings is 1. The fraction of sp³-hybridized carbons (Fsp3) is 0.650. The van der Waals surface area contributed by atoms with Crippen LogP contribution in [0.3, 0.4) is 0 Å². The molecule has 0 saturated carbocycles. The number of hydrogen-bond donors (Lipinski definition) is 0. The quantitative estimate of drug-likeness (QED) is 0.739. The summed E-state index contributed by atoms with van der Waals surface area (Å²) in [6.07, 6.45) is 8.74. The summed E-state index contributed by atoms with van der Waals surface area (Å²) in [5.74, 6) is 0.251. The van der Waals surface area contributed by atoms with Gasteiger partial charge in [-0.15, -0.1) is 0 Å². The first-order valence-electron chi connectivity index (χ1n) is 10.5. The summed E-state index contributed by atoms with van der Waals surface area (Å²) in [5.41, 5.74) is 2.11. The third-order valence-electron chi connectivity index (χ3n) is 6.06. The summed E-state index contributed by atoms with van der Waals surface area (Å²) in [6, 6.07) is 1.91. The van der Waals surface area contributed by atoms with Gasteiger partial charge in [-0.25, -0.2) is 18.1 Å². The molecule has 1 saturated heterocycles. The van der Waals surface area contributed by atoms with Gasteiger partial charge in [0.2, 0.25) is 0 Å². The van der Waals surface area contributed by atoms with Crippen molar-refractivity contribution >= 4 is 10.0 Å². The van der Waals surface area contributed by atoms with E-state index in [0.29, 0.717) is 19.6 Å². The Hall–Kier alpha value is -2.00. The van der Waals surface area contributed by atoms with Crippen LogP contribution in [-0.4, -0.2) is 45.1 Å². The zero-order valence-corrected chi connectivity index (χ0v) is 17.9. The van der Waals surface area contributed by atoms with E-state index >= 15 is 0 Å². The van der Waals surface area contributed by atoms with Gasteiger partial charge in [0, 0.05) is 37.9 Å². The molecule has 9 heteroatoms. The molecule has 29 heavy (non-hydrogen) atoms. The van der Waals surface area contributed by atoms with Crippen molar-refractivity contribution in [3.63, 3.8) is 0 Å². The monoisotopic (exact) mass is 419 g/mol. The molecule has 8 nitrogen and oxygen atoms in total. The summed E-state index contributed by atoms with van der Waals surface area (Å²) in [4.78, 5) is 16.5. The third kappa shape index (κ3) is 4.16. The Morgan fingerprint density at radius 1 is 1.17 bits per heavy atom. The van der Waals surface area contributed by atoms with Gasteiger partial charge >= 0.3 is 0 Å². The fourth-order valence-corrected chi connectivity index (χ4v) is 5.57. The van der Waals surface area contributed by atoms with Gasteiger partial charge in [0.25, 0.3) is 15.6 Å². The summed E-state index contributed by atoms with van der Waals surface area (Å²) in [5, 5.41) is 4.71. The third-order valence-corrected chi connectivity index (χ3v) is 7.84. The predicted octanol–water partition coefficient (Wildman–Crippen LogP) is 2.00. The fourth-order valence-electron chi connectivity index (χ4n) is 4.17. The van der Waals surface area contributed by atoms with Crippen LogP contribution in [0.5, 0.6) is 0 Å². The summed E-state index contributed by atoms with van der Waals surface area (Å²) < 4.78 is 30.7. The van der Waals surface area contributed by atoms with E-state index in [4.69, 9.17) is 0 Å². The van der Waals surface area contributed by atoms with Gasteiger partial charge < -0.3 is 4.57 Å². The number of fused-ring (bicyclic) bond motifs is 1. The summed E-state index contributed by atoms with van der Waals surface area (Å²) in [6.45, 7) is 5.42. The lowest BCUT2D eigenvalue weighted by Crippen LogP contribution is -2.40. The second kappa shape index (κ2) is 8.02. The molecular weight excluding hydrogens is 390 g/mol. The Morgan fingerprint density at radius 2 is 1.90 bits per heavy atom. The van der Waals surface area contributed by atoms with Gasteiger partial charge in [0.05, 0.1) is 12.0 Å². The van der Waals surface area contributed by atoms with Crippen LogP contribution in [0.4, 0.5) is 0 Å². The van der Waals surface area contributed by atoms with Gasteiger partial charge in [-0.2, -0.15) is 9.40 Å². The van der Waals surface area contributed by atoms with E-state index in [1.54, 1.807) is 27.8 Å². The largest absolute Gasteiger partial charge is 0.334 e. The minimum Gasteiger partial charge on any atom is -0.334 e. The first-order chi connectivity index (χ1) is 13.8. The average Bonchev–Trinajstić information content (AvgIpc) is 3.20. The first kappa shape index (κ1) is 20.3. The number of imidazole rings is 1. The minimum absolute atomic E-state index is 0.0417. The Balaban J connectivity index is 1.41. The van der Waals surface area contributed by atoms with Crippen LogP contribution < -0.4 is 5.56 Å². The van der Waals surface area contributed by atoms with Crippen molar-refractivity contribution in [1.82, 2.24) is 23.6 Å². The zero-order chi connectivity index (χ0) is 20.6. The van der Waals surface area contributed by atoms with Crippen LogP contribution in [0.25, 0.3) is 0 Å². The SMILES string of the molecule is CC(C)n1cnc(S(=O)(=O)N2CCC(Cn3nc4c(cc3=O)CCCC4)CC2)c1. The highest BCUT2D eigenvalue weighted by molar-refractivity contribution is 7.89. The molecule has 0 spiro atoms. The Kier molecular flexibility index (Phi) is 5.61. The number of rotatable bonds is 5. The Morgan fingerprint density at radius 3 is 2.59 bits per heavy atom. The smallest absolute Gasteiger partial charge is 0.267 e. The molecule has 2 aromatic heterocycles. The normalized spacial score (nSPS) is 18.9. The molecule has 1 fully saturated rings. The molecule has 2 aromatic rings. The number of aromatic nitrogens is 4. The molecule has 3 heterocycles. The van der Waals surface area contributed by atoms with Gasteiger partial charge in [0.15, 0.2) is 5.03 Å². The molecule has 0 bridgehead atoms. The molecule has 2 aliphatic rings. The van der Waals surface area contributed by atoms with E-state index in [9.17, 15) is 13.2 Å². The average molecular weight is 420 g/mol. The molecule has 0 radical (unpaired) electrons. The van der Waals surface area contributed by atoms with E-state index in [2.05, 4.69) is 10.1 Å². The second-order valence-corrected chi connectivity index (χ2v) is 10.3. The number of sulfonamides is 1. The molecule has 0 N–H and O–H groups in total. The lowest BCUT2D eigenvalue weighted by molar-refractivity contribution is 0.243. The number of nitrogens with zero attached hydrogens (tertiary/aromatic N) is 5. The van der Waals surface area contributed by atoms with Crippen molar-refractivity contribution in [2.24, 2.45) is 5.92 Å². The second-order valence-electron chi connectivity index (χ2n) is 8.44. The lowest BCUT2D eigenvalue weighted by atomic mass is 9.96. The lowest BCUT2D eigenvalue weighted by Gasteiger charge is -2.30. The maximum atomic E-state index is 12.9. The molecule has 0 aromatic carbocycles. The number of hydrogen-bond acceptors (Lipinski definition) is 5. The molecule has 4 rings (SSSR count). The molecule has 1 aliphatic carbocycles. The maximum Gasteiger partial charge on any atom is 0.267 e. The van der Waals surface area contributed by atoms with Crippen LogP contribution in [0.15, 0.2) is 28.4 Å². The highest BCUT2D eigenvalue weighted by Crippen LogP contribution is 2.25. The molecule has 1 aliphatic heterocycles. The first-order valence-corrected chi connectivity index (χ1v) is 11.9. The van der Waals surface area contributed by atoms with Gasteiger partial charge in [-0.1, -0.05) is 0 Å². The highest BCUT2D eigenvalue weighted by Gasteiger charge is 2.31. The maximum absolute atomic E-state index is 12.9. The zero-order valence-electron chi connectivity index (χ0n) is 17.1. The Bertz CT molecular complexity index is 1030. The van der Waals surface area contributed by atoms with E-state index in [1.807, 2.05) is 13.8 Å². The van der Waals surface area contributed by atoms with Gasteiger partial charge in [0.1, 0.15) is 0 Å². The summed E-state index contributed by atoms with van der Waals surface area (Å²) in [7, 11) is -3.57. The van der Waals surface area contributed by atoms with E-state index < -0.39 is 10.0 Å². The molecule has 0 atom stereocenters. The van der Waals surface area contributed by atoms with Crippen LogP contribution >= 0.6 is 0 Å². The molecule has 0 amide bonds. The van der Waals surface area contributed by atoms with Crippen LogP contribution in [0, 0.1) is 5.92 Å². The van der Waals surface area contributed by atoms with Crippen LogP contribution in [0.2, 0.25) is 0 Å². The van der Waals surface area contributed by atoms with Crippen molar-refractivity contribution in [1.29, 1.82) is 0 Å². The van der Waals surface area contributed by atoms with Gasteiger partial charge in [-0.05, 0) is 63.9 Å². The van der Waals surface area contributed by atoms with E-state index in [1.165, 1.54) is 4.31 Å². The summed E-state index contributed by atoms with van der Waals surface area (Å²) >= 11 is 0. The molecule has 158 valence electrons. The molecule has 0 unspecified atom stereocenters. The topological polar surface area (TPSA) is 90.1 Å². The van der Waals surface area contributed by atoms with Crippen LogP contribution in [0.1, 0.15) is 56.8 Å². The Labute approximate surface area is 171 Å². The molecular formula is C20H29N5O3S. The van der Waals surface area contributed by atoms with Crippen molar-refractivity contribution in [3.8, 4) is 0 Å². The van der Waals surface area contributed by atoms with Crippen LogP contribution in [-0.2, 0) is 29.4 Å². The van der Waals surface area contributed by atoms with Gasteiger partial charge in [-0.3, -0.25) is 4.79 Å². The standard InChI is InChI=1S/C20H29N5O3S/c1-15(2)23-13-19(21-14-23)29(27,28)24-9-7-16(8-10-24)12-25-20(26)11-17-5-3-4-6-18(17)22-25/h11,13-16H,3-10,12H2,1-2H3. The van der Waals surface area contributed by atoms with Crippen molar-refractivity contribution < 1.29 is 8.42 Å². The van der Waals surface area contributed by atoms with Crippen molar-refractivity contribution in [2.75, 3.05) is 13.1 Å². The highest BCUT2D eigenvalue weighted by atomic mass is 32.2. The van der Waals surface area contributed by atoms with Crippen molar-refractivity contribution in [3.05, 3.63) is 40.2 Å². The van der Waals surface area contributed by atoms with E-state index in [0.717, 1.165) is 49.8 Å².